The lowest BCUT2D eigenvalue weighted by molar-refractivity contribution is 0.0301. The molecule has 0 spiro atoms. The van der Waals surface area contributed by atoms with Crippen LogP contribution in [0, 0.1) is 0 Å². The molecule has 0 saturated carbocycles. The van der Waals surface area contributed by atoms with Crippen molar-refractivity contribution in [3.05, 3.63) is 29.8 Å². The van der Waals surface area contributed by atoms with Gasteiger partial charge >= 0.3 is 0 Å². The molecule has 0 radical (unpaired) electrons. The van der Waals surface area contributed by atoms with Gasteiger partial charge in [0.15, 0.2) is 0 Å². The van der Waals surface area contributed by atoms with Crippen LogP contribution in [0.2, 0.25) is 0 Å². The Labute approximate surface area is 94.9 Å². The lowest BCUT2D eigenvalue weighted by Gasteiger charge is -2.16. The van der Waals surface area contributed by atoms with Gasteiger partial charge < -0.3 is 20.3 Å². The fraction of sp³-hybridized carbons (Fsp3) is 0.500. The summed E-state index contributed by atoms with van der Waals surface area (Å²) in [6, 6.07) is 7.17. The number of hydrogen-bond donors (Lipinski definition) is 3. The number of hydrogen-bond acceptors (Lipinski definition) is 4. The zero-order valence-electron chi connectivity index (χ0n) is 9.42. The number of ether oxygens (including phenoxy) is 1. The Morgan fingerprint density at radius 2 is 1.75 bits per heavy atom. The summed E-state index contributed by atoms with van der Waals surface area (Å²) in [7, 11) is 1.61. The van der Waals surface area contributed by atoms with Crippen molar-refractivity contribution in [3.8, 4) is 5.75 Å². The predicted molar refractivity (Wildman–Crippen MR) is 60.3 cm³/mol. The van der Waals surface area contributed by atoms with Gasteiger partial charge in [0.2, 0.25) is 0 Å². The van der Waals surface area contributed by atoms with Gasteiger partial charge in [-0.05, 0) is 24.6 Å². The molecule has 1 aromatic rings. The molecular formula is C12H17NO3. The first kappa shape index (κ1) is 11.4. The van der Waals surface area contributed by atoms with Crippen LogP contribution in [0.1, 0.15) is 18.5 Å². The second kappa shape index (κ2) is 4.41. The first-order chi connectivity index (χ1) is 7.63. The summed E-state index contributed by atoms with van der Waals surface area (Å²) in [5.74, 6) is 0.782. The highest BCUT2D eigenvalue weighted by atomic mass is 16.5. The van der Waals surface area contributed by atoms with E-state index < -0.39 is 12.2 Å². The zero-order chi connectivity index (χ0) is 11.7. The molecule has 88 valence electrons. The van der Waals surface area contributed by atoms with Crippen molar-refractivity contribution in [1.29, 1.82) is 0 Å². The minimum absolute atomic E-state index is 0.0953. The van der Waals surface area contributed by atoms with E-state index >= 15 is 0 Å². The average molecular weight is 223 g/mol. The van der Waals surface area contributed by atoms with Crippen molar-refractivity contribution in [2.75, 3.05) is 7.11 Å². The molecule has 0 unspecified atom stereocenters. The minimum atomic E-state index is -0.761. The number of rotatable bonds is 2. The molecule has 4 heteroatoms. The third kappa shape index (κ3) is 1.91. The summed E-state index contributed by atoms with van der Waals surface area (Å²) in [4.78, 5) is 0. The van der Waals surface area contributed by atoms with Crippen LogP contribution < -0.4 is 10.1 Å². The van der Waals surface area contributed by atoms with E-state index in [2.05, 4.69) is 5.32 Å². The second-order valence-electron chi connectivity index (χ2n) is 4.19. The van der Waals surface area contributed by atoms with Crippen molar-refractivity contribution in [2.24, 2.45) is 0 Å². The highest BCUT2D eigenvalue weighted by molar-refractivity contribution is 5.30. The van der Waals surface area contributed by atoms with Crippen molar-refractivity contribution in [1.82, 2.24) is 5.32 Å². The molecule has 4 atom stereocenters. The molecule has 3 N–H and O–H groups in total. The molecule has 0 aromatic heterocycles. The van der Waals surface area contributed by atoms with Crippen LogP contribution in [0.5, 0.6) is 5.75 Å². The van der Waals surface area contributed by atoms with Crippen molar-refractivity contribution in [3.63, 3.8) is 0 Å². The maximum atomic E-state index is 9.86. The Morgan fingerprint density at radius 3 is 2.19 bits per heavy atom. The summed E-state index contributed by atoms with van der Waals surface area (Å²) in [6.45, 7) is 1.86. The Morgan fingerprint density at radius 1 is 1.12 bits per heavy atom. The molecule has 0 amide bonds. The standard InChI is InChI=1S/C12H17NO3/c1-7-11(14)12(15)10(13-7)8-3-5-9(16-2)6-4-8/h3-7,10-15H,1-2H3/t7-,10-,11-,12-/m0/s1. The number of aliphatic hydroxyl groups excluding tert-OH is 2. The fourth-order valence-corrected chi connectivity index (χ4v) is 2.08. The molecular weight excluding hydrogens is 206 g/mol. The first-order valence-electron chi connectivity index (χ1n) is 5.39. The molecule has 1 fully saturated rings. The van der Waals surface area contributed by atoms with Crippen molar-refractivity contribution >= 4 is 0 Å². The smallest absolute Gasteiger partial charge is 0.118 e. The molecule has 1 aliphatic rings. The van der Waals surface area contributed by atoms with Gasteiger partial charge in [-0.1, -0.05) is 12.1 Å². The lowest BCUT2D eigenvalue weighted by atomic mass is 10.0. The van der Waals surface area contributed by atoms with E-state index in [1.54, 1.807) is 7.11 Å². The summed E-state index contributed by atoms with van der Waals surface area (Å²) >= 11 is 0. The number of aliphatic hydroxyl groups is 2. The topological polar surface area (TPSA) is 61.7 Å². The van der Waals surface area contributed by atoms with Crippen molar-refractivity contribution < 1.29 is 14.9 Å². The van der Waals surface area contributed by atoms with Gasteiger partial charge in [-0.2, -0.15) is 0 Å². The molecule has 16 heavy (non-hydrogen) atoms. The summed E-state index contributed by atoms with van der Waals surface area (Å²) in [6.07, 6.45) is -1.48. The summed E-state index contributed by atoms with van der Waals surface area (Å²) < 4.78 is 5.07. The second-order valence-corrected chi connectivity index (χ2v) is 4.19. The van der Waals surface area contributed by atoms with Gasteiger partial charge in [0.1, 0.15) is 11.9 Å². The molecule has 1 aliphatic heterocycles. The van der Waals surface area contributed by atoms with Crippen LogP contribution in [0.25, 0.3) is 0 Å². The molecule has 0 aliphatic carbocycles. The van der Waals surface area contributed by atoms with Gasteiger partial charge in [-0.15, -0.1) is 0 Å². The van der Waals surface area contributed by atoms with Gasteiger partial charge in [-0.25, -0.2) is 0 Å². The van der Waals surface area contributed by atoms with Crippen LogP contribution >= 0.6 is 0 Å². The third-order valence-corrected chi connectivity index (χ3v) is 3.12. The number of benzene rings is 1. The quantitative estimate of drug-likeness (QED) is 0.681. The van der Waals surface area contributed by atoms with E-state index in [1.807, 2.05) is 31.2 Å². The Hall–Kier alpha value is -1.10. The van der Waals surface area contributed by atoms with E-state index in [-0.39, 0.29) is 12.1 Å². The minimum Gasteiger partial charge on any atom is -0.497 e. The summed E-state index contributed by atoms with van der Waals surface area (Å²) in [5, 5.41) is 22.7. The molecule has 1 aromatic carbocycles. The van der Waals surface area contributed by atoms with E-state index in [0.29, 0.717) is 0 Å². The SMILES string of the molecule is COc1ccc([C@@H]2N[C@@H](C)[C@H](O)[C@H]2O)cc1. The molecule has 1 saturated heterocycles. The Balaban J connectivity index is 2.18. The monoisotopic (exact) mass is 223 g/mol. The average Bonchev–Trinajstić information content (AvgIpc) is 2.57. The van der Waals surface area contributed by atoms with Crippen LogP contribution in [0.3, 0.4) is 0 Å². The van der Waals surface area contributed by atoms with Crippen molar-refractivity contribution in [2.45, 2.75) is 31.2 Å². The van der Waals surface area contributed by atoms with Gasteiger partial charge in [-0.3, -0.25) is 0 Å². The number of nitrogens with one attached hydrogen (secondary N) is 1. The van der Waals surface area contributed by atoms with Gasteiger partial charge in [0.05, 0.1) is 19.3 Å². The van der Waals surface area contributed by atoms with Gasteiger partial charge in [0, 0.05) is 6.04 Å². The summed E-state index contributed by atoms with van der Waals surface area (Å²) in [5.41, 5.74) is 0.955. The Bertz CT molecular complexity index is 352. The molecule has 0 bridgehead atoms. The van der Waals surface area contributed by atoms with Gasteiger partial charge in [0.25, 0.3) is 0 Å². The normalized spacial score (nSPS) is 34.0. The van der Waals surface area contributed by atoms with Crippen LogP contribution in [0.4, 0.5) is 0 Å². The van der Waals surface area contributed by atoms with Crippen LogP contribution in [-0.2, 0) is 0 Å². The van der Waals surface area contributed by atoms with E-state index in [9.17, 15) is 10.2 Å². The lowest BCUT2D eigenvalue weighted by Crippen LogP contribution is -2.29. The maximum Gasteiger partial charge on any atom is 0.118 e. The molecule has 2 rings (SSSR count). The maximum absolute atomic E-state index is 9.86. The Kier molecular flexibility index (Phi) is 3.14. The van der Waals surface area contributed by atoms with Crippen LogP contribution in [0.15, 0.2) is 24.3 Å². The number of methoxy groups -OCH3 is 1. The molecule has 1 heterocycles. The highest BCUT2D eigenvalue weighted by Crippen LogP contribution is 2.28. The highest BCUT2D eigenvalue weighted by Gasteiger charge is 2.39. The van der Waals surface area contributed by atoms with Crippen LogP contribution in [-0.4, -0.2) is 35.6 Å². The first-order valence-corrected chi connectivity index (χ1v) is 5.39. The third-order valence-electron chi connectivity index (χ3n) is 3.12. The largest absolute Gasteiger partial charge is 0.497 e. The predicted octanol–water partition coefficient (Wildman–Crippen LogP) is 0.450. The van der Waals surface area contributed by atoms with E-state index in [4.69, 9.17) is 4.74 Å². The van der Waals surface area contributed by atoms with E-state index in [0.717, 1.165) is 11.3 Å². The van der Waals surface area contributed by atoms with E-state index in [1.165, 1.54) is 0 Å². The molecule has 4 nitrogen and oxygen atoms in total. The fourth-order valence-electron chi connectivity index (χ4n) is 2.08. The zero-order valence-corrected chi connectivity index (χ0v) is 9.42.